The fourth-order valence-corrected chi connectivity index (χ4v) is 12.8. The number of nitrogens with one attached hydrogen (secondary N) is 1. The van der Waals surface area contributed by atoms with E-state index in [1.165, 1.54) is 0 Å². The van der Waals surface area contributed by atoms with Crippen LogP contribution in [-0.4, -0.2) is 61.5 Å². The zero-order valence-electron chi connectivity index (χ0n) is 10.6. The molecule has 0 aromatic heterocycles. The van der Waals surface area contributed by atoms with Crippen molar-refractivity contribution in [2.24, 2.45) is 0 Å². The van der Waals surface area contributed by atoms with Gasteiger partial charge in [0.25, 0.3) is 40.0 Å². The van der Waals surface area contributed by atoms with E-state index in [-0.39, 0.29) is 0 Å². The summed E-state index contributed by atoms with van der Waals surface area (Å²) in [7, 11) is -5.04. The largest absolute Gasteiger partial charge is 0.425 e. The van der Waals surface area contributed by atoms with Gasteiger partial charge in [0, 0.05) is 5.67 Å². The van der Waals surface area contributed by atoms with E-state index in [4.69, 9.17) is 20.6 Å². The van der Waals surface area contributed by atoms with Gasteiger partial charge in [0.15, 0.2) is 0 Å². The lowest BCUT2D eigenvalue weighted by atomic mass is 10.4. The van der Waals surface area contributed by atoms with E-state index in [9.17, 15) is 0 Å². The maximum Gasteiger partial charge on any atom is 0.320 e. The van der Waals surface area contributed by atoms with Gasteiger partial charge in [-0.2, -0.15) is 0 Å². The van der Waals surface area contributed by atoms with Crippen molar-refractivity contribution in [2.75, 3.05) is 6.54 Å². The lowest BCUT2D eigenvalue weighted by Crippen LogP contribution is -2.49. The van der Waals surface area contributed by atoms with Crippen LogP contribution in [0.2, 0.25) is 0 Å². The molecule has 1 fully saturated rings. The number of rotatable bonds is 5. The topological polar surface area (TPSA) is 58.2 Å². The number of hydrogen-bond acceptors (Lipinski definition) is 6. The Hall–Kier alpha value is 0.844. The first-order valence-electron chi connectivity index (χ1n) is 6.08. The van der Waals surface area contributed by atoms with Crippen molar-refractivity contribution in [2.45, 2.75) is 32.4 Å². The highest BCUT2D eigenvalue weighted by molar-refractivity contribution is 6.60. The summed E-state index contributed by atoms with van der Waals surface area (Å²) >= 11 is 0. The van der Waals surface area contributed by atoms with Crippen molar-refractivity contribution in [3.05, 3.63) is 0 Å². The predicted octanol–water partition coefficient (Wildman–Crippen LogP) is -3.38. The van der Waals surface area contributed by atoms with Gasteiger partial charge in [-0.05, 0) is 19.4 Å². The Bertz CT molecular complexity index is 182. The molecule has 0 amide bonds. The van der Waals surface area contributed by atoms with Crippen LogP contribution >= 0.6 is 0 Å². The molecule has 0 aliphatic carbocycles. The maximum absolute atomic E-state index is 5.86. The normalized spacial score (nSPS) is 31.1. The molecule has 1 heterocycles. The van der Waals surface area contributed by atoms with Gasteiger partial charge >= 0.3 is 9.28 Å². The molecule has 1 atom stereocenters. The molecule has 6 nitrogen and oxygen atoms in total. The van der Waals surface area contributed by atoms with E-state index in [1.54, 1.807) is 0 Å². The van der Waals surface area contributed by atoms with E-state index in [0.717, 1.165) is 19.4 Å². The maximum atomic E-state index is 5.86. The second kappa shape index (κ2) is 10.7. The summed E-state index contributed by atoms with van der Waals surface area (Å²) in [6.45, 7) is 5.36. The molecule has 0 saturated carbocycles. The SMILES string of the molecule is CCCNC(CC)[SiH]1O[SiH2]O[SiH2]O[SiH2]O[SiH2]O1. The monoisotopic (exact) mass is 329 g/mol. The Balaban J connectivity index is 2.37. The van der Waals surface area contributed by atoms with Gasteiger partial charge in [0.05, 0.1) is 0 Å². The molecule has 0 radical (unpaired) electrons. The average Bonchev–Trinajstić information content (AvgIpc) is 2.37. The highest BCUT2D eigenvalue weighted by Crippen LogP contribution is 2.02. The highest BCUT2D eigenvalue weighted by Gasteiger charge is 2.24. The van der Waals surface area contributed by atoms with E-state index in [0.29, 0.717) is 5.67 Å². The van der Waals surface area contributed by atoms with Gasteiger partial charge in [-0.15, -0.1) is 0 Å². The Labute approximate surface area is 114 Å². The standard InChI is InChI=1S/C6H23NO5Si5/c1-3-5-7-6(4-2)17-11-15-9-13-8-14-10-16-12-17/h6-7,17H,3-5,13-16H2,1-2H3. The minimum absolute atomic E-state index is 0.380. The fourth-order valence-electron chi connectivity index (χ4n) is 1.49. The lowest BCUT2D eigenvalue weighted by molar-refractivity contribution is 0.316. The van der Waals surface area contributed by atoms with Gasteiger partial charge in [0.1, 0.15) is 0 Å². The summed E-state index contributed by atoms with van der Waals surface area (Å²) in [6, 6.07) is 0. The molecule has 17 heavy (non-hydrogen) atoms. The summed E-state index contributed by atoms with van der Waals surface area (Å²) in [5, 5.41) is 3.51. The average molecular weight is 330 g/mol. The first kappa shape index (κ1) is 15.9. The van der Waals surface area contributed by atoms with Gasteiger partial charge < -0.3 is 25.9 Å². The molecule has 1 N–H and O–H groups in total. The van der Waals surface area contributed by atoms with E-state index < -0.39 is 49.3 Å². The molecule has 0 aromatic rings. The van der Waals surface area contributed by atoms with Crippen LogP contribution in [0.25, 0.3) is 0 Å². The first-order chi connectivity index (χ1) is 8.38. The fraction of sp³-hybridized carbons (Fsp3) is 1.00. The Morgan fingerprint density at radius 2 is 1.59 bits per heavy atom. The van der Waals surface area contributed by atoms with Crippen molar-refractivity contribution in [1.82, 2.24) is 5.32 Å². The smallest absolute Gasteiger partial charge is 0.320 e. The lowest BCUT2D eigenvalue weighted by Gasteiger charge is -2.26. The minimum Gasteiger partial charge on any atom is -0.425 e. The summed E-state index contributed by atoms with van der Waals surface area (Å²) in [6.07, 6.45) is 2.18. The van der Waals surface area contributed by atoms with Crippen LogP contribution in [-0.2, 0) is 20.6 Å². The van der Waals surface area contributed by atoms with Gasteiger partial charge in [-0.1, -0.05) is 13.8 Å². The third-order valence-corrected chi connectivity index (χ3v) is 11.5. The summed E-state index contributed by atoms with van der Waals surface area (Å²) in [5.74, 6) is 0. The summed E-state index contributed by atoms with van der Waals surface area (Å²) in [4.78, 5) is 0. The molecule has 11 heteroatoms. The van der Waals surface area contributed by atoms with Crippen LogP contribution < -0.4 is 5.32 Å². The van der Waals surface area contributed by atoms with Gasteiger partial charge in [-0.3, -0.25) is 0 Å². The predicted molar refractivity (Wildman–Crippen MR) is 79.1 cm³/mol. The molecular formula is C6H23NO5Si5. The van der Waals surface area contributed by atoms with Crippen molar-refractivity contribution < 1.29 is 20.6 Å². The Morgan fingerprint density at radius 3 is 2.12 bits per heavy atom. The number of hydrogen-bond donors (Lipinski definition) is 1. The molecule has 1 saturated heterocycles. The summed E-state index contributed by atoms with van der Waals surface area (Å²) < 4.78 is 28.0. The van der Waals surface area contributed by atoms with Crippen molar-refractivity contribution in [3.63, 3.8) is 0 Å². The van der Waals surface area contributed by atoms with E-state index in [1.807, 2.05) is 0 Å². The van der Waals surface area contributed by atoms with Crippen LogP contribution in [0, 0.1) is 0 Å². The molecule has 0 spiro atoms. The van der Waals surface area contributed by atoms with Gasteiger partial charge in [-0.25, -0.2) is 0 Å². The molecule has 1 aliphatic rings. The third-order valence-electron chi connectivity index (χ3n) is 2.39. The zero-order chi connectivity index (χ0) is 12.3. The first-order valence-corrected chi connectivity index (χ1v) is 12.3. The van der Waals surface area contributed by atoms with E-state index >= 15 is 0 Å². The highest BCUT2D eigenvalue weighted by atomic mass is 28.4. The molecule has 1 unspecified atom stereocenters. The second-order valence-corrected chi connectivity index (χ2v) is 13.8. The molecule has 102 valence electrons. The zero-order valence-corrected chi connectivity index (χ0v) is 17.5. The molecule has 0 bridgehead atoms. The van der Waals surface area contributed by atoms with Crippen LogP contribution in [0.15, 0.2) is 0 Å². The van der Waals surface area contributed by atoms with Crippen molar-refractivity contribution in [3.8, 4) is 0 Å². The van der Waals surface area contributed by atoms with Crippen molar-refractivity contribution >= 4 is 49.3 Å². The van der Waals surface area contributed by atoms with Crippen LogP contribution in [0.3, 0.4) is 0 Å². The van der Waals surface area contributed by atoms with Crippen molar-refractivity contribution in [1.29, 1.82) is 0 Å². The second-order valence-electron chi connectivity index (χ2n) is 3.75. The van der Waals surface area contributed by atoms with Crippen LogP contribution in [0.4, 0.5) is 0 Å². The summed E-state index contributed by atoms with van der Waals surface area (Å²) in [5.41, 5.74) is 0.380. The minimum atomic E-state index is -1.64. The molecule has 1 rings (SSSR count). The quantitative estimate of drug-likeness (QED) is 0.531. The Kier molecular flexibility index (Phi) is 10.0. The molecular weight excluding hydrogens is 306 g/mol. The third kappa shape index (κ3) is 7.11. The van der Waals surface area contributed by atoms with Gasteiger partial charge in [0.2, 0.25) is 0 Å². The van der Waals surface area contributed by atoms with Crippen LogP contribution in [0.1, 0.15) is 26.7 Å². The Morgan fingerprint density at radius 1 is 1.00 bits per heavy atom. The van der Waals surface area contributed by atoms with E-state index in [2.05, 4.69) is 19.2 Å². The molecule has 1 aliphatic heterocycles. The van der Waals surface area contributed by atoms with Crippen LogP contribution in [0.5, 0.6) is 0 Å². The molecule has 0 aromatic carbocycles.